The summed E-state index contributed by atoms with van der Waals surface area (Å²) in [7, 11) is 2.26. The highest BCUT2D eigenvalue weighted by Gasteiger charge is 2.41. The molecule has 1 aromatic rings. The minimum Gasteiger partial charge on any atom is -0.373 e. The van der Waals surface area contributed by atoms with Crippen molar-refractivity contribution in [2.45, 2.75) is 63.3 Å². The Kier molecular flexibility index (Phi) is 5.81. The monoisotopic (exact) mass is 376 g/mol. The molecule has 4 rings (SSSR count). The van der Waals surface area contributed by atoms with E-state index in [1.807, 2.05) is 11.3 Å². The standard InChI is InChI=1S/C20H32N4OS/c1-3-21-20(23-16-12-15-8-9-17(16)25-15)22-13-14-6-4-10-24(2)19(14)18-7-5-11-26-18/h5,7,11,14-17,19H,3-4,6,8-10,12-13H2,1-2H3,(H2,21,22,23). The molecule has 144 valence electrons. The molecule has 0 aromatic carbocycles. The molecule has 0 aliphatic carbocycles. The molecule has 0 amide bonds. The topological polar surface area (TPSA) is 48.9 Å². The quantitative estimate of drug-likeness (QED) is 0.613. The highest BCUT2D eigenvalue weighted by atomic mass is 32.1. The number of thiophene rings is 1. The van der Waals surface area contributed by atoms with Crippen molar-refractivity contribution < 1.29 is 4.74 Å². The second-order valence-electron chi connectivity index (χ2n) is 7.92. The van der Waals surface area contributed by atoms with Gasteiger partial charge in [-0.1, -0.05) is 6.07 Å². The van der Waals surface area contributed by atoms with Crippen LogP contribution in [0.15, 0.2) is 22.5 Å². The van der Waals surface area contributed by atoms with E-state index < -0.39 is 0 Å². The normalized spacial score (nSPS) is 35.0. The van der Waals surface area contributed by atoms with Crippen LogP contribution < -0.4 is 10.6 Å². The highest BCUT2D eigenvalue weighted by molar-refractivity contribution is 7.10. The Labute approximate surface area is 161 Å². The third kappa shape index (κ3) is 3.92. The Hall–Kier alpha value is -1.11. The van der Waals surface area contributed by atoms with E-state index in [0.29, 0.717) is 30.2 Å². The van der Waals surface area contributed by atoms with Crippen LogP contribution in [0.2, 0.25) is 0 Å². The first-order valence-electron chi connectivity index (χ1n) is 10.2. The molecular formula is C20H32N4OS. The number of guanidine groups is 1. The van der Waals surface area contributed by atoms with Gasteiger partial charge in [-0.3, -0.25) is 9.89 Å². The maximum absolute atomic E-state index is 5.99. The molecule has 5 atom stereocenters. The molecule has 26 heavy (non-hydrogen) atoms. The third-order valence-electron chi connectivity index (χ3n) is 6.10. The van der Waals surface area contributed by atoms with Gasteiger partial charge in [0.05, 0.1) is 18.2 Å². The highest BCUT2D eigenvalue weighted by Crippen LogP contribution is 2.37. The number of hydrogen-bond acceptors (Lipinski definition) is 4. The van der Waals surface area contributed by atoms with Crippen molar-refractivity contribution in [1.29, 1.82) is 0 Å². The fraction of sp³-hybridized carbons (Fsp3) is 0.750. The van der Waals surface area contributed by atoms with E-state index >= 15 is 0 Å². The Morgan fingerprint density at radius 2 is 2.31 bits per heavy atom. The van der Waals surface area contributed by atoms with Crippen LogP contribution in [0.3, 0.4) is 0 Å². The van der Waals surface area contributed by atoms with Crippen molar-refractivity contribution in [3.05, 3.63) is 22.4 Å². The summed E-state index contributed by atoms with van der Waals surface area (Å²) in [4.78, 5) is 8.99. The van der Waals surface area contributed by atoms with Crippen LogP contribution in [-0.4, -0.2) is 55.8 Å². The van der Waals surface area contributed by atoms with Gasteiger partial charge in [-0.05, 0) is 70.0 Å². The molecule has 4 heterocycles. The summed E-state index contributed by atoms with van der Waals surface area (Å²) in [6.07, 6.45) is 6.91. The van der Waals surface area contributed by atoms with Gasteiger partial charge in [-0.15, -0.1) is 11.3 Å². The summed E-state index contributed by atoms with van der Waals surface area (Å²) in [5.41, 5.74) is 0. The van der Waals surface area contributed by atoms with Crippen molar-refractivity contribution >= 4 is 17.3 Å². The summed E-state index contributed by atoms with van der Waals surface area (Å²) >= 11 is 1.88. The minimum absolute atomic E-state index is 0.378. The smallest absolute Gasteiger partial charge is 0.191 e. The second-order valence-corrected chi connectivity index (χ2v) is 8.90. The van der Waals surface area contributed by atoms with Gasteiger partial charge < -0.3 is 15.4 Å². The molecule has 6 heteroatoms. The SMILES string of the molecule is CCNC(=NCC1CCCN(C)C1c1cccs1)NC1CC2CCC1O2. The summed E-state index contributed by atoms with van der Waals surface area (Å²) in [6.45, 7) is 5.09. The maximum Gasteiger partial charge on any atom is 0.191 e. The van der Waals surface area contributed by atoms with Crippen molar-refractivity contribution in [2.75, 3.05) is 26.7 Å². The molecule has 0 spiro atoms. The lowest BCUT2D eigenvalue weighted by atomic mass is 9.88. The van der Waals surface area contributed by atoms with Crippen LogP contribution in [0.4, 0.5) is 0 Å². The molecule has 3 aliphatic rings. The number of fused-ring (bicyclic) bond motifs is 2. The van der Waals surface area contributed by atoms with Gasteiger partial charge in [0.1, 0.15) is 0 Å². The van der Waals surface area contributed by atoms with E-state index in [1.165, 1.54) is 37.1 Å². The summed E-state index contributed by atoms with van der Waals surface area (Å²) in [5, 5.41) is 9.29. The molecule has 5 unspecified atom stereocenters. The molecule has 3 aliphatic heterocycles. The van der Waals surface area contributed by atoms with Gasteiger partial charge in [0.25, 0.3) is 0 Å². The van der Waals surface area contributed by atoms with Gasteiger partial charge in [0, 0.05) is 24.0 Å². The van der Waals surface area contributed by atoms with E-state index in [9.17, 15) is 0 Å². The molecule has 2 N–H and O–H groups in total. The lowest BCUT2D eigenvalue weighted by Crippen LogP contribution is -2.47. The number of piperidine rings is 1. The first kappa shape index (κ1) is 18.3. The number of hydrogen-bond donors (Lipinski definition) is 2. The fourth-order valence-corrected chi connectivity index (χ4v) is 5.84. The number of ether oxygens (including phenoxy) is 1. The van der Waals surface area contributed by atoms with Crippen molar-refractivity contribution in [1.82, 2.24) is 15.5 Å². The van der Waals surface area contributed by atoms with Gasteiger partial charge in [-0.2, -0.15) is 0 Å². The third-order valence-corrected chi connectivity index (χ3v) is 7.04. The predicted octanol–water partition coefficient (Wildman–Crippen LogP) is 3.01. The average Bonchev–Trinajstić information content (AvgIpc) is 3.38. The lowest BCUT2D eigenvalue weighted by Gasteiger charge is -2.38. The van der Waals surface area contributed by atoms with E-state index in [-0.39, 0.29) is 0 Å². The number of nitrogens with one attached hydrogen (secondary N) is 2. The number of likely N-dealkylation sites (tertiary alicyclic amines) is 1. The van der Waals surface area contributed by atoms with Gasteiger partial charge in [0.2, 0.25) is 0 Å². The van der Waals surface area contributed by atoms with Crippen LogP contribution in [-0.2, 0) is 4.74 Å². The Morgan fingerprint density at radius 1 is 1.38 bits per heavy atom. The summed E-state index contributed by atoms with van der Waals surface area (Å²) in [6, 6.07) is 5.38. The van der Waals surface area contributed by atoms with Crippen LogP contribution in [0.1, 0.15) is 49.9 Å². The van der Waals surface area contributed by atoms with Gasteiger partial charge in [-0.25, -0.2) is 0 Å². The average molecular weight is 377 g/mol. The number of aliphatic imine (C=N–C) groups is 1. The van der Waals surface area contributed by atoms with Crippen LogP contribution in [0.5, 0.6) is 0 Å². The molecule has 0 radical (unpaired) electrons. The van der Waals surface area contributed by atoms with Gasteiger partial charge in [0.15, 0.2) is 5.96 Å². The zero-order chi connectivity index (χ0) is 17.9. The van der Waals surface area contributed by atoms with Gasteiger partial charge >= 0.3 is 0 Å². The van der Waals surface area contributed by atoms with Crippen LogP contribution in [0, 0.1) is 5.92 Å². The molecule has 5 nitrogen and oxygen atoms in total. The predicted molar refractivity (Wildman–Crippen MR) is 108 cm³/mol. The zero-order valence-corrected chi connectivity index (χ0v) is 16.8. The molecule has 1 aromatic heterocycles. The second kappa shape index (κ2) is 8.28. The largest absolute Gasteiger partial charge is 0.373 e. The van der Waals surface area contributed by atoms with E-state index in [2.05, 4.69) is 47.0 Å². The Bertz CT molecular complexity index is 605. The molecule has 3 fully saturated rings. The van der Waals surface area contributed by atoms with Crippen molar-refractivity contribution in [3.63, 3.8) is 0 Å². The molecule has 2 bridgehead atoms. The zero-order valence-electron chi connectivity index (χ0n) is 16.0. The molecule has 0 saturated carbocycles. The lowest BCUT2D eigenvalue weighted by molar-refractivity contribution is 0.0992. The van der Waals surface area contributed by atoms with E-state index in [0.717, 1.165) is 25.5 Å². The number of rotatable bonds is 5. The van der Waals surface area contributed by atoms with Crippen molar-refractivity contribution in [2.24, 2.45) is 10.9 Å². The van der Waals surface area contributed by atoms with Crippen LogP contribution in [0.25, 0.3) is 0 Å². The van der Waals surface area contributed by atoms with Crippen LogP contribution >= 0.6 is 11.3 Å². The summed E-state index contributed by atoms with van der Waals surface area (Å²) < 4.78 is 5.99. The first-order chi connectivity index (χ1) is 12.7. The van der Waals surface area contributed by atoms with E-state index in [4.69, 9.17) is 9.73 Å². The Balaban J connectivity index is 1.42. The number of nitrogens with zero attached hydrogens (tertiary/aromatic N) is 2. The minimum atomic E-state index is 0.378. The van der Waals surface area contributed by atoms with E-state index in [1.54, 1.807) is 0 Å². The Morgan fingerprint density at radius 3 is 3.00 bits per heavy atom. The fourth-order valence-electron chi connectivity index (χ4n) is 4.85. The molecular weight excluding hydrogens is 344 g/mol. The maximum atomic E-state index is 5.99. The summed E-state index contributed by atoms with van der Waals surface area (Å²) in [5.74, 6) is 1.55. The first-order valence-corrected chi connectivity index (χ1v) is 11.1. The van der Waals surface area contributed by atoms with Crippen molar-refractivity contribution in [3.8, 4) is 0 Å². The molecule has 3 saturated heterocycles.